The van der Waals surface area contributed by atoms with Crippen molar-refractivity contribution in [1.29, 1.82) is 0 Å². The Balaban J connectivity index is 1.76. The molecule has 1 atom stereocenters. The van der Waals surface area contributed by atoms with E-state index in [0.717, 1.165) is 0 Å². The number of carbonyl (C=O) groups excluding carboxylic acids is 4. The molecule has 0 aromatic carbocycles. The summed E-state index contributed by atoms with van der Waals surface area (Å²) in [5.41, 5.74) is 0. The molecule has 1 aromatic rings. The van der Waals surface area contributed by atoms with Crippen LogP contribution in [0.3, 0.4) is 0 Å². The van der Waals surface area contributed by atoms with Crippen LogP contribution in [0.15, 0.2) is 22.8 Å². The standard InChI is InChI=1S/C15H18N2O7/c1-2-22-15(21)16-12(18)9-24-14(20)10-6-13(19)17(7-10)8-11-4-3-5-23-11/h3-5,10H,2,6-9H2,1H3,(H,16,18,21)/t10-/m1/s1. The van der Waals surface area contributed by atoms with Gasteiger partial charge in [0.05, 0.1) is 25.3 Å². The van der Waals surface area contributed by atoms with Gasteiger partial charge in [-0.1, -0.05) is 0 Å². The van der Waals surface area contributed by atoms with Crippen molar-refractivity contribution in [2.45, 2.75) is 19.9 Å². The zero-order valence-corrected chi connectivity index (χ0v) is 13.1. The lowest BCUT2D eigenvalue weighted by atomic mass is 10.1. The minimum absolute atomic E-state index is 0.0129. The van der Waals surface area contributed by atoms with Crippen molar-refractivity contribution >= 4 is 23.9 Å². The van der Waals surface area contributed by atoms with Crippen LogP contribution in [0.2, 0.25) is 0 Å². The van der Waals surface area contributed by atoms with E-state index in [0.29, 0.717) is 5.76 Å². The number of furan rings is 1. The number of nitrogens with one attached hydrogen (secondary N) is 1. The van der Waals surface area contributed by atoms with Gasteiger partial charge in [-0.15, -0.1) is 0 Å². The second-order valence-corrected chi connectivity index (χ2v) is 5.13. The molecule has 130 valence electrons. The molecule has 0 aliphatic carbocycles. The monoisotopic (exact) mass is 338 g/mol. The smallest absolute Gasteiger partial charge is 0.413 e. The van der Waals surface area contributed by atoms with Gasteiger partial charge in [0.1, 0.15) is 5.76 Å². The molecule has 3 amide bonds. The minimum Gasteiger partial charge on any atom is -0.467 e. The Kier molecular flexibility index (Phi) is 5.94. The fourth-order valence-corrected chi connectivity index (χ4v) is 2.25. The van der Waals surface area contributed by atoms with Gasteiger partial charge in [0, 0.05) is 13.0 Å². The Morgan fingerprint density at radius 2 is 2.17 bits per heavy atom. The highest BCUT2D eigenvalue weighted by molar-refractivity contribution is 5.93. The molecule has 0 unspecified atom stereocenters. The van der Waals surface area contributed by atoms with Gasteiger partial charge in [0.15, 0.2) is 6.61 Å². The third-order valence-corrected chi connectivity index (χ3v) is 3.34. The molecule has 24 heavy (non-hydrogen) atoms. The first-order valence-electron chi connectivity index (χ1n) is 7.43. The maximum atomic E-state index is 11.9. The van der Waals surface area contributed by atoms with Crippen LogP contribution in [0.25, 0.3) is 0 Å². The van der Waals surface area contributed by atoms with Crippen molar-refractivity contribution < 1.29 is 33.1 Å². The predicted molar refractivity (Wildman–Crippen MR) is 78.4 cm³/mol. The van der Waals surface area contributed by atoms with Gasteiger partial charge in [0.2, 0.25) is 5.91 Å². The first-order chi connectivity index (χ1) is 11.5. The van der Waals surface area contributed by atoms with Gasteiger partial charge < -0.3 is 18.8 Å². The second kappa shape index (κ2) is 8.14. The minimum atomic E-state index is -0.904. The van der Waals surface area contributed by atoms with Gasteiger partial charge in [-0.3, -0.25) is 19.7 Å². The summed E-state index contributed by atoms with van der Waals surface area (Å²) < 4.78 is 14.5. The van der Waals surface area contributed by atoms with E-state index >= 15 is 0 Å². The Labute approximate surface area is 137 Å². The lowest BCUT2D eigenvalue weighted by Crippen LogP contribution is -2.35. The van der Waals surface area contributed by atoms with Gasteiger partial charge in [-0.25, -0.2) is 4.79 Å². The Bertz CT molecular complexity index is 611. The molecule has 0 saturated carbocycles. The molecule has 2 heterocycles. The molecular weight excluding hydrogens is 320 g/mol. The molecule has 1 aromatic heterocycles. The Morgan fingerprint density at radius 1 is 1.38 bits per heavy atom. The Hall–Kier alpha value is -2.84. The lowest BCUT2D eigenvalue weighted by Gasteiger charge is -2.14. The lowest BCUT2D eigenvalue weighted by molar-refractivity contribution is -0.152. The molecule has 9 heteroatoms. The molecule has 1 aliphatic rings. The largest absolute Gasteiger partial charge is 0.467 e. The van der Waals surface area contributed by atoms with Gasteiger partial charge in [0.25, 0.3) is 5.91 Å². The number of imide groups is 1. The summed E-state index contributed by atoms with van der Waals surface area (Å²) in [6.45, 7) is 1.57. The average Bonchev–Trinajstić information content (AvgIpc) is 3.16. The van der Waals surface area contributed by atoms with Crippen molar-refractivity contribution in [2.24, 2.45) is 5.92 Å². The van der Waals surface area contributed by atoms with Crippen LogP contribution in [-0.2, 0) is 30.4 Å². The average molecular weight is 338 g/mol. The van der Waals surface area contributed by atoms with Gasteiger partial charge in [-0.05, 0) is 19.1 Å². The van der Waals surface area contributed by atoms with Crippen LogP contribution in [0.4, 0.5) is 4.79 Å². The summed E-state index contributed by atoms with van der Waals surface area (Å²) in [6, 6.07) is 3.45. The Morgan fingerprint density at radius 3 is 2.83 bits per heavy atom. The summed E-state index contributed by atoms with van der Waals surface area (Å²) in [4.78, 5) is 47.8. The number of carbonyl (C=O) groups is 4. The van der Waals surface area contributed by atoms with E-state index in [4.69, 9.17) is 9.15 Å². The molecule has 9 nitrogen and oxygen atoms in total. The van der Waals surface area contributed by atoms with Gasteiger partial charge in [-0.2, -0.15) is 0 Å². The predicted octanol–water partition coefficient (Wildman–Crippen LogP) is 0.444. The number of amides is 3. The number of likely N-dealkylation sites (tertiary alicyclic amines) is 1. The van der Waals surface area contributed by atoms with Crippen LogP contribution >= 0.6 is 0 Å². The van der Waals surface area contributed by atoms with Crippen molar-refractivity contribution in [3.05, 3.63) is 24.2 Å². The molecule has 0 bridgehead atoms. The van der Waals surface area contributed by atoms with E-state index in [1.54, 1.807) is 19.1 Å². The zero-order valence-electron chi connectivity index (χ0n) is 13.1. The van der Waals surface area contributed by atoms with Crippen LogP contribution < -0.4 is 5.32 Å². The third kappa shape index (κ3) is 4.83. The van der Waals surface area contributed by atoms with Crippen LogP contribution in [-0.4, -0.2) is 48.5 Å². The van der Waals surface area contributed by atoms with Crippen LogP contribution in [0, 0.1) is 5.92 Å². The van der Waals surface area contributed by atoms with Crippen LogP contribution in [0.1, 0.15) is 19.1 Å². The number of esters is 1. The van der Waals surface area contributed by atoms with Crippen molar-refractivity contribution in [3.63, 3.8) is 0 Å². The summed E-state index contributed by atoms with van der Waals surface area (Å²) in [5.74, 6) is -1.68. The fourth-order valence-electron chi connectivity index (χ4n) is 2.25. The highest BCUT2D eigenvalue weighted by atomic mass is 16.6. The molecule has 1 fully saturated rings. The molecule has 1 aliphatic heterocycles. The van der Waals surface area contributed by atoms with E-state index in [9.17, 15) is 19.2 Å². The molecule has 0 spiro atoms. The van der Waals surface area contributed by atoms with E-state index in [-0.39, 0.29) is 32.0 Å². The fraction of sp³-hybridized carbons (Fsp3) is 0.467. The topological polar surface area (TPSA) is 115 Å². The molecule has 1 saturated heterocycles. The van der Waals surface area contributed by atoms with Crippen molar-refractivity contribution in [1.82, 2.24) is 10.2 Å². The zero-order chi connectivity index (χ0) is 17.5. The number of alkyl carbamates (subject to hydrolysis) is 1. The molecule has 1 N–H and O–H groups in total. The SMILES string of the molecule is CCOC(=O)NC(=O)COC(=O)[C@@H]1CC(=O)N(Cc2ccco2)C1. The first-order valence-corrected chi connectivity index (χ1v) is 7.43. The summed E-state index contributed by atoms with van der Waals surface area (Å²) >= 11 is 0. The van der Waals surface area contributed by atoms with Crippen LogP contribution in [0.5, 0.6) is 0 Å². The molecule has 2 rings (SSSR count). The van der Waals surface area contributed by atoms with E-state index < -0.39 is 30.5 Å². The van der Waals surface area contributed by atoms with E-state index in [1.807, 2.05) is 5.32 Å². The highest BCUT2D eigenvalue weighted by Crippen LogP contribution is 2.21. The third-order valence-electron chi connectivity index (χ3n) is 3.34. The number of nitrogens with zero attached hydrogens (tertiary/aromatic N) is 1. The normalized spacial score (nSPS) is 16.8. The van der Waals surface area contributed by atoms with E-state index in [1.165, 1.54) is 11.2 Å². The molecule has 0 radical (unpaired) electrons. The van der Waals surface area contributed by atoms with Gasteiger partial charge >= 0.3 is 12.1 Å². The first kappa shape index (κ1) is 17.5. The number of hydrogen-bond donors (Lipinski definition) is 1. The summed E-state index contributed by atoms with van der Waals surface area (Å²) in [7, 11) is 0. The highest BCUT2D eigenvalue weighted by Gasteiger charge is 2.35. The van der Waals surface area contributed by atoms with E-state index in [2.05, 4.69) is 4.74 Å². The number of rotatable bonds is 6. The quantitative estimate of drug-likeness (QED) is 0.748. The maximum absolute atomic E-state index is 11.9. The number of hydrogen-bond acceptors (Lipinski definition) is 7. The molecular formula is C15H18N2O7. The summed E-state index contributed by atoms with van der Waals surface area (Å²) in [6.07, 6.45) is 0.613. The van der Waals surface area contributed by atoms with Crippen molar-refractivity contribution in [3.8, 4) is 0 Å². The summed E-state index contributed by atoms with van der Waals surface area (Å²) in [5, 5.41) is 1.91. The maximum Gasteiger partial charge on any atom is 0.413 e. The van der Waals surface area contributed by atoms with Crippen molar-refractivity contribution in [2.75, 3.05) is 19.8 Å². The second-order valence-electron chi connectivity index (χ2n) is 5.13. The number of ether oxygens (including phenoxy) is 2.